The monoisotopic (exact) mass is 342 g/mol. The van der Waals surface area contributed by atoms with Gasteiger partial charge in [-0.2, -0.15) is 0 Å². The van der Waals surface area contributed by atoms with Gasteiger partial charge in [0, 0.05) is 17.5 Å². The number of ether oxygens (including phenoxy) is 1. The molecule has 0 fully saturated rings. The lowest BCUT2D eigenvalue weighted by atomic mass is 10.1. The molecule has 1 heterocycles. The molecule has 2 amide bonds. The zero-order chi connectivity index (χ0) is 17.1. The third-order valence-electron chi connectivity index (χ3n) is 3.80. The molecule has 0 spiro atoms. The molecule has 0 aromatic heterocycles. The summed E-state index contributed by atoms with van der Waals surface area (Å²) in [5.74, 6) is 0.150. The number of thioether (sulfide) groups is 1. The van der Waals surface area contributed by atoms with Crippen LogP contribution in [-0.4, -0.2) is 30.7 Å². The van der Waals surface area contributed by atoms with E-state index in [4.69, 9.17) is 4.74 Å². The first-order valence-corrected chi connectivity index (χ1v) is 8.79. The van der Waals surface area contributed by atoms with Crippen LogP contribution in [0.15, 0.2) is 53.4 Å². The number of benzene rings is 2. The minimum absolute atomic E-state index is 0.118. The summed E-state index contributed by atoms with van der Waals surface area (Å²) in [6.45, 7) is 1.68. The summed E-state index contributed by atoms with van der Waals surface area (Å²) in [6.07, 6.45) is 1.25. The minimum atomic E-state index is -0.746. The fourth-order valence-corrected chi connectivity index (χ4v) is 2.97. The van der Waals surface area contributed by atoms with Gasteiger partial charge in [0.25, 0.3) is 5.91 Å². The molecule has 0 bridgehead atoms. The van der Waals surface area contributed by atoms with Crippen molar-refractivity contribution < 1.29 is 14.3 Å². The summed E-state index contributed by atoms with van der Waals surface area (Å²) >= 11 is 1.64. The Balaban J connectivity index is 1.77. The van der Waals surface area contributed by atoms with Crippen molar-refractivity contribution in [2.75, 3.05) is 23.0 Å². The van der Waals surface area contributed by atoms with Crippen molar-refractivity contribution in [3.8, 4) is 5.75 Å². The van der Waals surface area contributed by atoms with Gasteiger partial charge in [-0.25, -0.2) is 0 Å². The topological polar surface area (TPSA) is 58.6 Å². The van der Waals surface area contributed by atoms with Crippen LogP contribution < -0.4 is 15.0 Å². The molecule has 1 atom stereocenters. The van der Waals surface area contributed by atoms with Crippen LogP contribution in [0.5, 0.6) is 5.75 Å². The number of nitrogens with one attached hydrogen (secondary N) is 1. The van der Waals surface area contributed by atoms with Crippen LogP contribution in [0, 0.1) is 0 Å². The normalized spacial score (nSPS) is 16.1. The van der Waals surface area contributed by atoms with Crippen LogP contribution in [0.3, 0.4) is 0 Å². The van der Waals surface area contributed by atoms with Crippen molar-refractivity contribution in [1.29, 1.82) is 0 Å². The Morgan fingerprint density at radius 1 is 1.17 bits per heavy atom. The highest BCUT2D eigenvalue weighted by molar-refractivity contribution is 7.98. The molecule has 2 aromatic rings. The molecule has 1 N–H and O–H groups in total. The van der Waals surface area contributed by atoms with Crippen molar-refractivity contribution >= 4 is 35.0 Å². The van der Waals surface area contributed by atoms with Gasteiger partial charge >= 0.3 is 0 Å². The van der Waals surface area contributed by atoms with E-state index in [1.54, 1.807) is 22.7 Å². The summed E-state index contributed by atoms with van der Waals surface area (Å²) in [6, 6.07) is 14.8. The van der Waals surface area contributed by atoms with Crippen molar-refractivity contribution in [3.05, 3.63) is 48.5 Å². The van der Waals surface area contributed by atoms with E-state index >= 15 is 0 Å². The Kier molecular flexibility index (Phi) is 4.76. The fraction of sp³-hybridized carbons (Fsp3) is 0.222. The third-order valence-corrected chi connectivity index (χ3v) is 4.55. The second kappa shape index (κ2) is 6.97. The SMILES string of the molecule is CSc1ccc(NC(=O)[C@H]2CN(C(C)=O)c3ccccc3O2)cc1. The number of amides is 2. The predicted octanol–water partition coefficient (Wildman–Crippen LogP) is 3.16. The van der Waals surface area contributed by atoms with Gasteiger partial charge in [-0.3, -0.25) is 9.59 Å². The Morgan fingerprint density at radius 3 is 2.54 bits per heavy atom. The van der Waals surface area contributed by atoms with Gasteiger partial charge in [0.2, 0.25) is 5.91 Å². The van der Waals surface area contributed by atoms with Crippen molar-refractivity contribution in [3.63, 3.8) is 0 Å². The maximum Gasteiger partial charge on any atom is 0.267 e. The lowest BCUT2D eigenvalue weighted by molar-refractivity contribution is -0.123. The first-order valence-electron chi connectivity index (χ1n) is 7.57. The molecule has 1 aliphatic rings. The molecule has 2 aromatic carbocycles. The largest absolute Gasteiger partial charge is 0.476 e. The van der Waals surface area contributed by atoms with E-state index in [9.17, 15) is 9.59 Å². The highest BCUT2D eigenvalue weighted by Crippen LogP contribution is 2.33. The standard InChI is InChI=1S/C18H18N2O3S/c1-12(21)20-11-17(23-16-6-4-3-5-15(16)20)18(22)19-13-7-9-14(24-2)10-8-13/h3-10,17H,11H2,1-2H3,(H,19,22)/t17-/m1/s1. The summed E-state index contributed by atoms with van der Waals surface area (Å²) in [7, 11) is 0. The van der Waals surface area contributed by atoms with E-state index in [1.165, 1.54) is 6.92 Å². The van der Waals surface area contributed by atoms with Gasteiger partial charge < -0.3 is 15.0 Å². The number of carbonyl (C=O) groups excluding carboxylic acids is 2. The van der Waals surface area contributed by atoms with Gasteiger partial charge in [-0.1, -0.05) is 12.1 Å². The van der Waals surface area contributed by atoms with Crippen molar-refractivity contribution in [2.45, 2.75) is 17.9 Å². The number of rotatable bonds is 3. The second-order valence-corrected chi connectivity index (χ2v) is 6.30. The van der Waals surface area contributed by atoms with E-state index in [0.29, 0.717) is 17.1 Å². The van der Waals surface area contributed by atoms with E-state index in [2.05, 4.69) is 5.32 Å². The Hall–Kier alpha value is -2.47. The first-order chi connectivity index (χ1) is 11.6. The second-order valence-electron chi connectivity index (χ2n) is 5.42. The molecule has 0 saturated carbocycles. The number of hydrogen-bond donors (Lipinski definition) is 1. The molecule has 0 saturated heterocycles. The Bertz CT molecular complexity index is 761. The van der Waals surface area contributed by atoms with Crippen LogP contribution in [0.2, 0.25) is 0 Å². The zero-order valence-corrected chi connectivity index (χ0v) is 14.3. The lowest BCUT2D eigenvalue weighted by Crippen LogP contribution is -2.48. The fourth-order valence-electron chi connectivity index (χ4n) is 2.57. The summed E-state index contributed by atoms with van der Waals surface area (Å²) in [5, 5.41) is 2.84. The van der Waals surface area contributed by atoms with Gasteiger partial charge in [-0.05, 0) is 42.7 Å². The minimum Gasteiger partial charge on any atom is -0.476 e. The first kappa shape index (κ1) is 16.4. The molecular weight excluding hydrogens is 324 g/mol. The molecule has 1 aliphatic heterocycles. The highest BCUT2D eigenvalue weighted by atomic mass is 32.2. The summed E-state index contributed by atoms with van der Waals surface area (Å²) in [5.41, 5.74) is 1.40. The van der Waals surface area contributed by atoms with Gasteiger partial charge in [0.1, 0.15) is 5.75 Å². The van der Waals surface area contributed by atoms with E-state index < -0.39 is 6.10 Å². The highest BCUT2D eigenvalue weighted by Gasteiger charge is 2.32. The van der Waals surface area contributed by atoms with Gasteiger partial charge in [-0.15, -0.1) is 11.8 Å². The van der Waals surface area contributed by atoms with Gasteiger partial charge in [0.15, 0.2) is 6.10 Å². The van der Waals surface area contributed by atoms with Gasteiger partial charge in [0.05, 0.1) is 12.2 Å². The zero-order valence-electron chi connectivity index (χ0n) is 13.5. The predicted molar refractivity (Wildman–Crippen MR) is 95.7 cm³/mol. The number of nitrogens with zero attached hydrogens (tertiary/aromatic N) is 1. The molecule has 5 nitrogen and oxygen atoms in total. The average Bonchev–Trinajstić information content (AvgIpc) is 2.61. The number of carbonyl (C=O) groups is 2. The molecule has 124 valence electrons. The van der Waals surface area contributed by atoms with E-state index in [-0.39, 0.29) is 18.4 Å². The average molecular weight is 342 g/mol. The van der Waals surface area contributed by atoms with Crippen LogP contribution in [-0.2, 0) is 9.59 Å². The molecule has 0 radical (unpaired) electrons. The quantitative estimate of drug-likeness (QED) is 0.871. The van der Waals surface area contributed by atoms with E-state index in [1.807, 2.05) is 48.7 Å². The number of hydrogen-bond acceptors (Lipinski definition) is 4. The lowest BCUT2D eigenvalue weighted by Gasteiger charge is -2.33. The molecule has 0 unspecified atom stereocenters. The van der Waals surface area contributed by atoms with Crippen LogP contribution in [0.25, 0.3) is 0 Å². The summed E-state index contributed by atoms with van der Waals surface area (Å²) < 4.78 is 5.78. The van der Waals surface area contributed by atoms with Crippen LogP contribution in [0.1, 0.15) is 6.92 Å². The Labute approximate surface area is 145 Å². The number of anilines is 2. The molecule has 24 heavy (non-hydrogen) atoms. The van der Waals surface area contributed by atoms with E-state index in [0.717, 1.165) is 4.90 Å². The molecule has 0 aliphatic carbocycles. The molecule has 3 rings (SSSR count). The van der Waals surface area contributed by atoms with Crippen LogP contribution in [0.4, 0.5) is 11.4 Å². The third kappa shape index (κ3) is 3.38. The number of fused-ring (bicyclic) bond motifs is 1. The van der Waals surface area contributed by atoms with Crippen LogP contribution >= 0.6 is 11.8 Å². The maximum atomic E-state index is 12.5. The Morgan fingerprint density at radius 2 is 1.88 bits per heavy atom. The maximum absolute atomic E-state index is 12.5. The summed E-state index contributed by atoms with van der Waals surface area (Å²) in [4.78, 5) is 27.1. The molecule has 6 heteroatoms. The van der Waals surface area contributed by atoms with Crippen molar-refractivity contribution in [1.82, 2.24) is 0 Å². The van der Waals surface area contributed by atoms with Crippen molar-refractivity contribution in [2.24, 2.45) is 0 Å². The number of para-hydroxylation sites is 2. The molecular formula is C18H18N2O3S. The smallest absolute Gasteiger partial charge is 0.267 e.